The zero-order valence-corrected chi connectivity index (χ0v) is 14.4. The second-order valence-electron chi connectivity index (χ2n) is 6.47. The lowest BCUT2D eigenvalue weighted by Crippen LogP contribution is -2.37. The summed E-state index contributed by atoms with van der Waals surface area (Å²) in [5.41, 5.74) is 0.167. The van der Waals surface area contributed by atoms with Gasteiger partial charge in [-0.05, 0) is 32.4 Å². The number of piperidine rings is 1. The van der Waals surface area contributed by atoms with Gasteiger partial charge in [-0.3, -0.25) is 18.8 Å². The Morgan fingerprint density at radius 2 is 1.79 bits per heavy atom. The number of hydrogen-bond acceptors (Lipinski definition) is 5. The highest BCUT2D eigenvalue weighted by Gasteiger charge is 2.21. The first-order valence-electron chi connectivity index (χ1n) is 8.53. The summed E-state index contributed by atoms with van der Waals surface area (Å²) < 4.78 is 4.41. The van der Waals surface area contributed by atoms with Gasteiger partial charge in [0, 0.05) is 27.2 Å². The fourth-order valence-electron chi connectivity index (χ4n) is 3.40. The highest BCUT2D eigenvalue weighted by atomic mass is 16.3. The fraction of sp³-hybridized carbons (Fsp3) is 0.688. The van der Waals surface area contributed by atoms with Crippen LogP contribution in [0.2, 0.25) is 0 Å². The van der Waals surface area contributed by atoms with Crippen molar-refractivity contribution in [2.75, 3.05) is 19.7 Å². The average Bonchev–Trinajstić information content (AvgIpc) is 2.95. The number of likely N-dealkylation sites (tertiary alicyclic amines) is 1. The Hall–Kier alpha value is -1.93. The summed E-state index contributed by atoms with van der Waals surface area (Å²) in [5, 5.41) is 9.19. The maximum atomic E-state index is 12.6. The Morgan fingerprint density at radius 3 is 2.46 bits per heavy atom. The Bertz CT molecular complexity index is 842. The van der Waals surface area contributed by atoms with Gasteiger partial charge < -0.3 is 9.67 Å². The molecule has 0 aromatic carbocycles. The molecule has 3 rings (SSSR count). The van der Waals surface area contributed by atoms with E-state index in [-0.39, 0.29) is 17.9 Å². The van der Waals surface area contributed by atoms with Gasteiger partial charge in [0.2, 0.25) is 0 Å². The van der Waals surface area contributed by atoms with Crippen LogP contribution in [0.4, 0.5) is 0 Å². The van der Waals surface area contributed by atoms with Crippen molar-refractivity contribution in [3.05, 3.63) is 26.7 Å². The van der Waals surface area contributed by atoms with Crippen molar-refractivity contribution >= 4 is 11.2 Å². The van der Waals surface area contributed by atoms with Gasteiger partial charge in [-0.1, -0.05) is 6.42 Å². The van der Waals surface area contributed by atoms with Crippen molar-refractivity contribution in [1.82, 2.24) is 23.6 Å². The molecule has 1 aliphatic heterocycles. The number of nitrogens with zero attached hydrogens (tertiary/aromatic N) is 5. The minimum Gasteiger partial charge on any atom is -0.396 e. The van der Waals surface area contributed by atoms with Gasteiger partial charge in [0.15, 0.2) is 11.2 Å². The van der Waals surface area contributed by atoms with Crippen LogP contribution in [0.5, 0.6) is 0 Å². The molecule has 0 bridgehead atoms. The molecule has 0 spiro atoms. The van der Waals surface area contributed by atoms with Crippen LogP contribution in [0.1, 0.15) is 31.5 Å². The van der Waals surface area contributed by atoms with Crippen LogP contribution in [0, 0.1) is 0 Å². The first-order valence-corrected chi connectivity index (χ1v) is 8.53. The van der Waals surface area contributed by atoms with E-state index in [9.17, 15) is 14.7 Å². The number of imidazole rings is 1. The molecule has 1 N–H and O–H groups in total. The number of aliphatic hydroxyl groups excluding tert-OH is 1. The molecule has 0 amide bonds. The molecule has 0 radical (unpaired) electrons. The van der Waals surface area contributed by atoms with Gasteiger partial charge in [-0.25, -0.2) is 9.78 Å². The van der Waals surface area contributed by atoms with Crippen LogP contribution in [0.25, 0.3) is 11.2 Å². The van der Waals surface area contributed by atoms with Gasteiger partial charge in [-0.2, -0.15) is 0 Å². The first kappa shape index (κ1) is 16.9. The van der Waals surface area contributed by atoms with Gasteiger partial charge in [-0.15, -0.1) is 0 Å². The maximum Gasteiger partial charge on any atom is 0.332 e. The predicted octanol–water partition coefficient (Wildman–Crippen LogP) is -0.198. The fourth-order valence-corrected chi connectivity index (χ4v) is 3.40. The van der Waals surface area contributed by atoms with Crippen molar-refractivity contribution < 1.29 is 5.11 Å². The van der Waals surface area contributed by atoms with Crippen LogP contribution >= 0.6 is 0 Å². The Labute approximate surface area is 139 Å². The number of aliphatic hydroxyl groups is 1. The van der Waals surface area contributed by atoms with E-state index in [1.165, 1.54) is 30.9 Å². The molecule has 1 aliphatic rings. The normalized spacial score (nSPS) is 16.1. The maximum absolute atomic E-state index is 12.6. The zero-order valence-electron chi connectivity index (χ0n) is 14.4. The van der Waals surface area contributed by atoms with Crippen molar-refractivity contribution in [2.45, 2.75) is 38.8 Å². The summed E-state index contributed by atoms with van der Waals surface area (Å²) in [5.74, 6) is 0.790. The number of aryl methyl sites for hydroxylation is 2. The van der Waals surface area contributed by atoms with E-state index in [1.807, 2.05) is 4.57 Å². The predicted molar refractivity (Wildman–Crippen MR) is 91.0 cm³/mol. The van der Waals surface area contributed by atoms with E-state index < -0.39 is 0 Å². The molecular formula is C16H25N5O3. The lowest BCUT2D eigenvalue weighted by Gasteiger charge is -2.26. The summed E-state index contributed by atoms with van der Waals surface area (Å²) >= 11 is 0. The zero-order chi connectivity index (χ0) is 17.3. The quantitative estimate of drug-likeness (QED) is 0.818. The number of fused-ring (bicyclic) bond motifs is 1. The number of aromatic nitrogens is 4. The lowest BCUT2D eigenvalue weighted by molar-refractivity contribution is 0.212. The third-order valence-electron chi connectivity index (χ3n) is 4.78. The van der Waals surface area contributed by atoms with E-state index >= 15 is 0 Å². The van der Waals surface area contributed by atoms with Crippen LogP contribution in [0.15, 0.2) is 9.59 Å². The molecule has 3 heterocycles. The third-order valence-corrected chi connectivity index (χ3v) is 4.78. The first-order chi connectivity index (χ1) is 11.5. The van der Waals surface area contributed by atoms with Crippen molar-refractivity contribution in [3.63, 3.8) is 0 Å². The highest BCUT2D eigenvalue weighted by Crippen LogP contribution is 2.16. The van der Waals surface area contributed by atoms with E-state index in [2.05, 4.69) is 9.88 Å². The van der Waals surface area contributed by atoms with Gasteiger partial charge in [0.25, 0.3) is 5.56 Å². The standard InChI is InChI=1S/C16H25N5O3/c1-18-14-13(15(23)19(2)16(18)24)21(9-6-10-22)12(17-14)11-20-7-4-3-5-8-20/h22H,3-11H2,1-2H3. The van der Waals surface area contributed by atoms with E-state index in [1.54, 1.807) is 7.05 Å². The highest BCUT2D eigenvalue weighted by molar-refractivity contribution is 5.71. The summed E-state index contributed by atoms with van der Waals surface area (Å²) in [6.07, 6.45) is 4.16. The average molecular weight is 335 g/mol. The van der Waals surface area contributed by atoms with Gasteiger partial charge >= 0.3 is 5.69 Å². The SMILES string of the molecule is Cn1c(=O)c2c(nc(CN3CCCCC3)n2CCCO)n(C)c1=O. The molecule has 0 unspecified atom stereocenters. The second kappa shape index (κ2) is 6.90. The van der Waals surface area contributed by atoms with Crippen molar-refractivity contribution in [3.8, 4) is 0 Å². The summed E-state index contributed by atoms with van der Waals surface area (Å²) in [6, 6.07) is 0. The van der Waals surface area contributed by atoms with Crippen LogP contribution < -0.4 is 11.2 Å². The molecule has 0 saturated carbocycles. The lowest BCUT2D eigenvalue weighted by atomic mass is 10.1. The van der Waals surface area contributed by atoms with Gasteiger partial charge in [0.1, 0.15) is 5.82 Å². The molecule has 132 valence electrons. The minimum absolute atomic E-state index is 0.0505. The molecule has 8 nitrogen and oxygen atoms in total. The molecule has 8 heteroatoms. The molecule has 1 saturated heterocycles. The van der Waals surface area contributed by atoms with Gasteiger partial charge in [0.05, 0.1) is 6.54 Å². The monoisotopic (exact) mass is 335 g/mol. The molecule has 1 fully saturated rings. The largest absolute Gasteiger partial charge is 0.396 e. The molecule has 24 heavy (non-hydrogen) atoms. The topological polar surface area (TPSA) is 85.3 Å². The third kappa shape index (κ3) is 2.91. The smallest absolute Gasteiger partial charge is 0.332 e. The van der Waals surface area contributed by atoms with Crippen LogP contribution in [0.3, 0.4) is 0 Å². The summed E-state index contributed by atoms with van der Waals surface area (Å²) in [4.78, 5) is 31.7. The Morgan fingerprint density at radius 1 is 1.08 bits per heavy atom. The van der Waals surface area contributed by atoms with E-state index in [0.29, 0.717) is 30.7 Å². The molecule has 2 aromatic rings. The van der Waals surface area contributed by atoms with E-state index in [4.69, 9.17) is 0 Å². The molecule has 0 aliphatic carbocycles. The van der Waals surface area contributed by atoms with Crippen LogP contribution in [-0.4, -0.2) is 48.4 Å². The van der Waals surface area contributed by atoms with Crippen molar-refractivity contribution in [1.29, 1.82) is 0 Å². The minimum atomic E-state index is -0.371. The van der Waals surface area contributed by atoms with E-state index in [0.717, 1.165) is 23.5 Å². The molecule has 0 atom stereocenters. The molecular weight excluding hydrogens is 310 g/mol. The van der Waals surface area contributed by atoms with Crippen LogP contribution in [-0.2, 0) is 27.2 Å². The Balaban J connectivity index is 2.13. The number of hydrogen-bond donors (Lipinski definition) is 1. The summed E-state index contributed by atoms with van der Waals surface area (Å²) in [6.45, 7) is 3.29. The molecule has 2 aromatic heterocycles. The van der Waals surface area contributed by atoms with Crippen molar-refractivity contribution in [2.24, 2.45) is 14.1 Å². The number of rotatable bonds is 5. The summed E-state index contributed by atoms with van der Waals surface area (Å²) in [7, 11) is 3.12. The second-order valence-corrected chi connectivity index (χ2v) is 6.47. The Kier molecular flexibility index (Phi) is 4.86.